The van der Waals surface area contributed by atoms with E-state index in [0.29, 0.717) is 23.9 Å². The highest BCUT2D eigenvalue weighted by Gasteiger charge is 2.11. The fourth-order valence-electron chi connectivity index (χ4n) is 1.49. The quantitative estimate of drug-likeness (QED) is 0.811. The second kappa shape index (κ2) is 7.68. The number of likely N-dealkylation sites (N-methyl/N-ethyl adjacent to an activating group) is 2. The van der Waals surface area contributed by atoms with Crippen LogP contribution in [0.15, 0.2) is 24.3 Å². The molecule has 1 amide bonds. The number of rotatable bonds is 5. The molecule has 0 radical (unpaired) electrons. The lowest BCUT2D eigenvalue weighted by Crippen LogP contribution is -2.42. The molecule has 0 aliphatic rings. The lowest BCUT2D eigenvalue weighted by molar-refractivity contribution is -0.121. The Labute approximate surface area is 118 Å². The minimum atomic E-state index is -0.300. The number of carbonyl (C=O) groups is 1. The minimum absolute atomic E-state index is 0.0763. The van der Waals surface area contributed by atoms with Gasteiger partial charge in [0, 0.05) is 18.8 Å². The van der Waals surface area contributed by atoms with Crippen molar-refractivity contribution in [3.8, 4) is 0 Å². The van der Waals surface area contributed by atoms with E-state index in [1.165, 1.54) is 12.1 Å². The average Bonchev–Trinajstić information content (AvgIpc) is 2.39. The van der Waals surface area contributed by atoms with Gasteiger partial charge in [-0.1, -0.05) is 0 Å². The van der Waals surface area contributed by atoms with Crippen LogP contribution in [0.1, 0.15) is 13.8 Å². The van der Waals surface area contributed by atoms with Gasteiger partial charge in [-0.3, -0.25) is 4.79 Å². The Kier molecular flexibility index (Phi) is 6.21. The van der Waals surface area contributed by atoms with Crippen LogP contribution >= 0.6 is 12.2 Å². The lowest BCUT2D eigenvalue weighted by atomic mass is 10.3. The van der Waals surface area contributed by atoms with E-state index in [1.54, 1.807) is 17.0 Å². The molecule has 1 aromatic rings. The van der Waals surface area contributed by atoms with Crippen molar-refractivity contribution in [1.29, 1.82) is 0 Å². The van der Waals surface area contributed by atoms with E-state index in [1.807, 2.05) is 13.8 Å². The van der Waals surface area contributed by atoms with Gasteiger partial charge in [0.1, 0.15) is 5.82 Å². The molecule has 1 rings (SSSR count). The molecule has 6 heteroatoms. The molecule has 0 aliphatic heterocycles. The predicted octanol–water partition coefficient (Wildman–Crippen LogP) is 1.98. The van der Waals surface area contributed by atoms with Gasteiger partial charge in [-0.15, -0.1) is 0 Å². The van der Waals surface area contributed by atoms with Crippen LogP contribution in [0, 0.1) is 5.82 Å². The maximum Gasteiger partial charge on any atom is 0.239 e. The Hall–Kier alpha value is -1.69. The molecule has 104 valence electrons. The van der Waals surface area contributed by atoms with Gasteiger partial charge in [-0.2, -0.15) is 0 Å². The van der Waals surface area contributed by atoms with Crippen LogP contribution in [0.5, 0.6) is 0 Å². The van der Waals surface area contributed by atoms with Crippen molar-refractivity contribution in [2.24, 2.45) is 0 Å². The molecule has 0 atom stereocenters. The van der Waals surface area contributed by atoms with E-state index in [0.717, 1.165) is 0 Å². The maximum absolute atomic E-state index is 12.8. The van der Waals surface area contributed by atoms with Gasteiger partial charge in [0.2, 0.25) is 5.91 Å². The molecule has 0 heterocycles. The first kappa shape index (κ1) is 15.4. The van der Waals surface area contributed by atoms with E-state index in [4.69, 9.17) is 12.2 Å². The number of nitrogens with zero attached hydrogens (tertiary/aromatic N) is 1. The second-order valence-electron chi connectivity index (χ2n) is 3.90. The summed E-state index contributed by atoms with van der Waals surface area (Å²) in [6, 6.07) is 5.90. The Morgan fingerprint density at radius 2 is 1.95 bits per heavy atom. The molecular weight excluding hydrogens is 265 g/mol. The SMILES string of the molecule is CCNC(=O)CN(CC)C(=S)Nc1ccc(F)cc1. The molecule has 0 unspecified atom stereocenters. The Balaban J connectivity index is 2.58. The first-order chi connectivity index (χ1) is 9.06. The summed E-state index contributed by atoms with van der Waals surface area (Å²) in [5, 5.41) is 6.14. The third-order valence-electron chi connectivity index (χ3n) is 2.47. The fourth-order valence-corrected chi connectivity index (χ4v) is 1.80. The van der Waals surface area contributed by atoms with Crippen molar-refractivity contribution < 1.29 is 9.18 Å². The van der Waals surface area contributed by atoms with E-state index < -0.39 is 0 Å². The van der Waals surface area contributed by atoms with Crippen LogP contribution in [-0.4, -0.2) is 35.6 Å². The highest BCUT2D eigenvalue weighted by Crippen LogP contribution is 2.09. The molecule has 0 saturated heterocycles. The van der Waals surface area contributed by atoms with Crippen LogP contribution < -0.4 is 10.6 Å². The monoisotopic (exact) mass is 283 g/mol. The molecule has 0 aromatic heterocycles. The molecule has 0 spiro atoms. The molecule has 2 N–H and O–H groups in total. The number of hydrogen-bond acceptors (Lipinski definition) is 2. The zero-order chi connectivity index (χ0) is 14.3. The summed E-state index contributed by atoms with van der Waals surface area (Å²) in [5.74, 6) is -0.376. The third-order valence-corrected chi connectivity index (χ3v) is 2.83. The van der Waals surface area contributed by atoms with Crippen LogP contribution in [0.25, 0.3) is 0 Å². The summed E-state index contributed by atoms with van der Waals surface area (Å²) in [5.41, 5.74) is 0.695. The first-order valence-corrected chi connectivity index (χ1v) is 6.55. The molecule has 4 nitrogen and oxygen atoms in total. The Bertz CT molecular complexity index is 436. The Morgan fingerprint density at radius 3 is 2.47 bits per heavy atom. The number of anilines is 1. The average molecular weight is 283 g/mol. The fraction of sp³-hybridized carbons (Fsp3) is 0.385. The van der Waals surface area contributed by atoms with Crippen molar-refractivity contribution in [3.05, 3.63) is 30.1 Å². The largest absolute Gasteiger partial charge is 0.355 e. The van der Waals surface area contributed by atoms with Crippen molar-refractivity contribution >= 4 is 28.9 Å². The van der Waals surface area contributed by atoms with Gasteiger partial charge >= 0.3 is 0 Å². The predicted molar refractivity (Wildman–Crippen MR) is 78.6 cm³/mol. The minimum Gasteiger partial charge on any atom is -0.355 e. The number of nitrogens with one attached hydrogen (secondary N) is 2. The molecule has 0 saturated carbocycles. The van der Waals surface area contributed by atoms with Crippen LogP contribution in [-0.2, 0) is 4.79 Å². The smallest absolute Gasteiger partial charge is 0.239 e. The lowest BCUT2D eigenvalue weighted by Gasteiger charge is -2.23. The first-order valence-electron chi connectivity index (χ1n) is 6.15. The van der Waals surface area contributed by atoms with Crippen LogP contribution in [0.4, 0.5) is 10.1 Å². The summed E-state index contributed by atoms with van der Waals surface area (Å²) < 4.78 is 12.8. The summed E-state index contributed by atoms with van der Waals surface area (Å²) in [6.45, 7) is 5.19. The highest BCUT2D eigenvalue weighted by atomic mass is 32.1. The third kappa shape index (κ3) is 5.21. The van der Waals surface area contributed by atoms with Gasteiger partial charge in [-0.05, 0) is 50.3 Å². The van der Waals surface area contributed by atoms with Crippen molar-refractivity contribution in [2.75, 3.05) is 25.0 Å². The summed E-state index contributed by atoms with van der Waals surface area (Å²) in [7, 11) is 0. The normalized spacial score (nSPS) is 9.84. The number of amides is 1. The summed E-state index contributed by atoms with van der Waals surface area (Å²) in [6.07, 6.45) is 0. The van der Waals surface area contributed by atoms with Gasteiger partial charge in [0.25, 0.3) is 0 Å². The van der Waals surface area contributed by atoms with Gasteiger partial charge < -0.3 is 15.5 Å². The summed E-state index contributed by atoms with van der Waals surface area (Å²) in [4.78, 5) is 13.3. The molecule has 1 aromatic carbocycles. The zero-order valence-corrected chi connectivity index (χ0v) is 11.9. The van der Waals surface area contributed by atoms with E-state index in [9.17, 15) is 9.18 Å². The zero-order valence-electron chi connectivity index (χ0n) is 11.1. The van der Waals surface area contributed by atoms with Crippen molar-refractivity contribution in [3.63, 3.8) is 0 Å². The maximum atomic E-state index is 12.8. The number of hydrogen-bond donors (Lipinski definition) is 2. The van der Waals surface area contributed by atoms with Gasteiger partial charge in [0.15, 0.2) is 5.11 Å². The van der Waals surface area contributed by atoms with Crippen LogP contribution in [0.3, 0.4) is 0 Å². The van der Waals surface area contributed by atoms with Gasteiger partial charge in [-0.25, -0.2) is 4.39 Å². The Morgan fingerprint density at radius 1 is 1.32 bits per heavy atom. The van der Waals surface area contributed by atoms with Crippen molar-refractivity contribution in [1.82, 2.24) is 10.2 Å². The summed E-state index contributed by atoms with van der Waals surface area (Å²) >= 11 is 5.23. The van der Waals surface area contributed by atoms with E-state index in [2.05, 4.69) is 10.6 Å². The highest BCUT2D eigenvalue weighted by molar-refractivity contribution is 7.80. The standard InChI is InChI=1S/C13H18FN3OS/c1-3-15-12(18)9-17(4-2)13(19)16-11-7-5-10(14)6-8-11/h5-8H,3-4,9H2,1-2H3,(H,15,18)(H,16,19). The number of halogens is 1. The number of thiocarbonyl (C=S) groups is 1. The van der Waals surface area contributed by atoms with Gasteiger partial charge in [0.05, 0.1) is 6.54 Å². The van der Waals surface area contributed by atoms with E-state index >= 15 is 0 Å². The van der Waals surface area contributed by atoms with Crippen LogP contribution in [0.2, 0.25) is 0 Å². The van der Waals surface area contributed by atoms with E-state index in [-0.39, 0.29) is 18.3 Å². The molecule has 19 heavy (non-hydrogen) atoms. The molecular formula is C13H18FN3OS. The molecule has 0 aliphatic carbocycles. The number of carbonyl (C=O) groups excluding carboxylic acids is 1. The number of benzene rings is 1. The molecule has 0 fully saturated rings. The molecule has 0 bridgehead atoms. The second-order valence-corrected chi connectivity index (χ2v) is 4.29. The van der Waals surface area contributed by atoms with Crippen molar-refractivity contribution in [2.45, 2.75) is 13.8 Å². The topological polar surface area (TPSA) is 44.4 Å².